The third-order valence-corrected chi connectivity index (χ3v) is 5.22. The molecule has 0 bridgehead atoms. The van der Waals surface area contributed by atoms with Gasteiger partial charge in [0.05, 0.1) is 30.1 Å². The number of aromatic hydroxyl groups is 1. The first kappa shape index (κ1) is 22.2. The van der Waals surface area contributed by atoms with Crippen LogP contribution in [0, 0.1) is 0 Å². The van der Waals surface area contributed by atoms with E-state index in [1.807, 2.05) is 14.0 Å². The lowest BCUT2D eigenvalue weighted by molar-refractivity contribution is -0.893. The van der Waals surface area contributed by atoms with Crippen LogP contribution in [0.4, 0.5) is 13.2 Å². The second kappa shape index (κ2) is 8.70. The van der Waals surface area contributed by atoms with Crippen molar-refractivity contribution in [1.29, 1.82) is 0 Å². The molecular weight excluding hydrogens is 419 g/mol. The molecular formula is C22H22ClF3NO3+. The van der Waals surface area contributed by atoms with Crippen molar-refractivity contribution in [3.63, 3.8) is 0 Å². The van der Waals surface area contributed by atoms with Crippen LogP contribution in [-0.4, -0.2) is 18.7 Å². The summed E-state index contributed by atoms with van der Waals surface area (Å²) in [6, 6.07) is 8.13. The standard InChI is InChI=1S/C22H21ClF3NO3/c1-3-4-11-27(2)12-16-17(28)10-9-15-19(29)18(13-5-7-14(23)8-6-13)21(22(24,25)26)30-20(15)16/h5-10,28H,3-4,11-12H2,1-2H3/p+1. The molecule has 1 atom stereocenters. The Labute approximate surface area is 176 Å². The Morgan fingerprint density at radius 3 is 2.40 bits per heavy atom. The minimum Gasteiger partial charge on any atom is -0.507 e. The van der Waals surface area contributed by atoms with Crippen LogP contribution in [0.15, 0.2) is 45.6 Å². The van der Waals surface area contributed by atoms with E-state index in [-0.39, 0.29) is 34.4 Å². The maximum absolute atomic E-state index is 13.9. The highest BCUT2D eigenvalue weighted by molar-refractivity contribution is 6.30. The number of halogens is 4. The third-order valence-electron chi connectivity index (χ3n) is 4.96. The van der Waals surface area contributed by atoms with E-state index in [1.165, 1.54) is 36.4 Å². The number of unbranched alkanes of at least 4 members (excludes halogenated alkanes) is 1. The maximum Gasteiger partial charge on any atom is 0.450 e. The Balaban J connectivity index is 2.28. The molecule has 2 aromatic carbocycles. The molecule has 3 aromatic rings. The zero-order valence-electron chi connectivity index (χ0n) is 16.6. The van der Waals surface area contributed by atoms with Gasteiger partial charge in [0.1, 0.15) is 12.3 Å². The number of nitrogens with one attached hydrogen (secondary N) is 1. The summed E-state index contributed by atoms with van der Waals surface area (Å²) in [5.41, 5.74) is -1.37. The fourth-order valence-corrected chi connectivity index (χ4v) is 3.55. The van der Waals surface area contributed by atoms with Crippen molar-refractivity contribution in [3.05, 3.63) is 63.0 Å². The van der Waals surface area contributed by atoms with E-state index in [0.717, 1.165) is 24.3 Å². The lowest BCUT2D eigenvalue weighted by Gasteiger charge is -2.17. The molecule has 160 valence electrons. The van der Waals surface area contributed by atoms with E-state index in [0.29, 0.717) is 5.02 Å². The van der Waals surface area contributed by atoms with Gasteiger partial charge in [0.15, 0.2) is 5.58 Å². The summed E-state index contributed by atoms with van der Waals surface area (Å²) >= 11 is 5.83. The van der Waals surface area contributed by atoms with Crippen LogP contribution < -0.4 is 10.3 Å². The van der Waals surface area contributed by atoms with Crippen molar-refractivity contribution in [3.8, 4) is 16.9 Å². The summed E-state index contributed by atoms with van der Waals surface area (Å²) in [4.78, 5) is 14.1. The van der Waals surface area contributed by atoms with Gasteiger partial charge in [0, 0.05) is 5.02 Å². The topological polar surface area (TPSA) is 54.9 Å². The molecule has 0 aliphatic carbocycles. The number of rotatable bonds is 6. The molecule has 1 unspecified atom stereocenters. The average molecular weight is 441 g/mol. The number of alkyl halides is 3. The quantitative estimate of drug-likeness (QED) is 0.586. The Kier molecular flexibility index (Phi) is 6.43. The van der Waals surface area contributed by atoms with Crippen LogP contribution >= 0.6 is 11.6 Å². The fraction of sp³-hybridized carbons (Fsp3) is 0.318. The second-order valence-electron chi connectivity index (χ2n) is 7.32. The predicted octanol–water partition coefficient (Wildman–Crippen LogP) is 4.65. The minimum atomic E-state index is -4.90. The highest BCUT2D eigenvalue weighted by atomic mass is 35.5. The first-order valence-corrected chi connectivity index (χ1v) is 9.97. The SMILES string of the molecule is CCCC[NH+](C)Cc1c(O)ccc2c(=O)c(-c3ccc(Cl)cc3)c(C(F)(F)F)oc12. The molecule has 0 amide bonds. The molecule has 8 heteroatoms. The third kappa shape index (κ3) is 4.47. The van der Waals surface area contributed by atoms with Crippen LogP contribution in [0.25, 0.3) is 22.1 Å². The normalized spacial score (nSPS) is 13.0. The summed E-state index contributed by atoms with van der Waals surface area (Å²) in [7, 11) is 1.87. The summed E-state index contributed by atoms with van der Waals surface area (Å²) in [5.74, 6) is -1.59. The minimum absolute atomic E-state index is 0.0101. The van der Waals surface area contributed by atoms with Gasteiger partial charge < -0.3 is 14.4 Å². The van der Waals surface area contributed by atoms with Crippen molar-refractivity contribution in [1.82, 2.24) is 0 Å². The molecule has 0 saturated carbocycles. The zero-order valence-corrected chi connectivity index (χ0v) is 17.3. The highest BCUT2D eigenvalue weighted by Gasteiger charge is 2.40. The Bertz CT molecular complexity index is 1110. The molecule has 30 heavy (non-hydrogen) atoms. The van der Waals surface area contributed by atoms with Crippen LogP contribution in [0.5, 0.6) is 5.75 Å². The molecule has 1 heterocycles. The molecule has 0 radical (unpaired) electrons. The van der Waals surface area contributed by atoms with E-state index in [4.69, 9.17) is 16.0 Å². The van der Waals surface area contributed by atoms with Gasteiger partial charge in [-0.15, -0.1) is 0 Å². The van der Waals surface area contributed by atoms with E-state index >= 15 is 0 Å². The lowest BCUT2D eigenvalue weighted by atomic mass is 10.00. The monoisotopic (exact) mass is 440 g/mol. The Morgan fingerprint density at radius 1 is 1.13 bits per heavy atom. The van der Waals surface area contributed by atoms with Gasteiger partial charge in [0.25, 0.3) is 0 Å². The smallest absolute Gasteiger partial charge is 0.450 e. The summed E-state index contributed by atoms with van der Waals surface area (Å²) < 4.78 is 46.9. The maximum atomic E-state index is 13.9. The van der Waals surface area contributed by atoms with Crippen LogP contribution in [0.1, 0.15) is 31.1 Å². The van der Waals surface area contributed by atoms with Gasteiger partial charge in [-0.05, 0) is 36.2 Å². The molecule has 0 fully saturated rings. The van der Waals surface area contributed by atoms with Crippen molar-refractivity contribution >= 4 is 22.6 Å². The van der Waals surface area contributed by atoms with Crippen molar-refractivity contribution in [2.24, 2.45) is 0 Å². The summed E-state index contributed by atoms with van der Waals surface area (Å²) in [6.07, 6.45) is -3.00. The molecule has 0 saturated heterocycles. The van der Waals surface area contributed by atoms with Crippen LogP contribution in [0.2, 0.25) is 5.02 Å². The van der Waals surface area contributed by atoms with Gasteiger partial charge in [-0.2, -0.15) is 13.2 Å². The van der Waals surface area contributed by atoms with Crippen LogP contribution in [-0.2, 0) is 12.7 Å². The molecule has 0 spiro atoms. The van der Waals surface area contributed by atoms with E-state index in [2.05, 4.69) is 0 Å². The number of quaternary nitrogens is 1. The van der Waals surface area contributed by atoms with E-state index in [9.17, 15) is 23.1 Å². The first-order chi connectivity index (χ1) is 14.1. The van der Waals surface area contributed by atoms with Gasteiger partial charge in [-0.1, -0.05) is 37.1 Å². The number of phenols is 1. The molecule has 1 aromatic heterocycles. The zero-order chi connectivity index (χ0) is 22.1. The molecule has 4 nitrogen and oxygen atoms in total. The number of benzene rings is 2. The van der Waals surface area contributed by atoms with E-state index in [1.54, 1.807) is 0 Å². The average Bonchev–Trinajstić information content (AvgIpc) is 2.68. The lowest BCUT2D eigenvalue weighted by Crippen LogP contribution is -3.07. The van der Waals surface area contributed by atoms with Gasteiger partial charge in [0.2, 0.25) is 11.2 Å². The highest BCUT2D eigenvalue weighted by Crippen LogP contribution is 2.39. The molecule has 0 aliphatic heterocycles. The van der Waals surface area contributed by atoms with Gasteiger partial charge >= 0.3 is 6.18 Å². The largest absolute Gasteiger partial charge is 0.507 e. The summed E-state index contributed by atoms with van der Waals surface area (Å²) in [6.45, 7) is 3.03. The Morgan fingerprint density at radius 2 is 1.80 bits per heavy atom. The van der Waals surface area contributed by atoms with Gasteiger partial charge in [-0.25, -0.2) is 0 Å². The van der Waals surface area contributed by atoms with Crippen molar-refractivity contribution < 1.29 is 27.6 Å². The fourth-order valence-electron chi connectivity index (χ4n) is 3.42. The number of hydrogen-bond acceptors (Lipinski definition) is 3. The number of hydrogen-bond donors (Lipinski definition) is 2. The summed E-state index contributed by atoms with van der Waals surface area (Å²) in [5, 5.41) is 10.6. The first-order valence-electron chi connectivity index (χ1n) is 9.59. The number of fused-ring (bicyclic) bond motifs is 1. The molecule has 0 aliphatic rings. The van der Waals surface area contributed by atoms with Crippen molar-refractivity contribution in [2.75, 3.05) is 13.6 Å². The molecule has 2 N–H and O–H groups in total. The van der Waals surface area contributed by atoms with Crippen LogP contribution in [0.3, 0.4) is 0 Å². The predicted molar refractivity (Wildman–Crippen MR) is 110 cm³/mol. The second-order valence-corrected chi connectivity index (χ2v) is 7.75. The van der Waals surface area contributed by atoms with Crippen molar-refractivity contribution in [2.45, 2.75) is 32.5 Å². The van der Waals surface area contributed by atoms with Gasteiger partial charge in [-0.3, -0.25) is 4.79 Å². The Hall–Kier alpha value is -2.51. The number of phenolic OH excluding ortho intramolecular Hbond substituents is 1. The molecule has 3 rings (SSSR count). The van der Waals surface area contributed by atoms with E-state index < -0.39 is 22.9 Å².